The van der Waals surface area contributed by atoms with Crippen molar-refractivity contribution in [2.45, 2.75) is 6.61 Å². The van der Waals surface area contributed by atoms with Gasteiger partial charge < -0.3 is 4.74 Å². The molecule has 0 aromatic heterocycles. The Hall–Kier alpha value is -1.69. The molecule has 0 unspecified atom stereocenters. The van der Waals surface area contributed by atoms with Gasteiger partial charge in [0.25, 0.3) is 10.0 Å². The van der Waals surface area contributed by atoms with Gasteiger partial charge in [-0.25, -0.2) is 4.39 Å². The van der Waals surface area contributed by atoms with Crippen molar-refractivity contribution in [2.24, 2.45) is 4.40 Å². The Labute approximate surface area is 92.1 Å². The van der Waals surface area contributed by atoms with E-state index in [9.17, 15) is 12.8 Å². The summed E-state index contributed by atoms with van der Waals surface area (Å²) < 4.78 is 43.3. The molecule has 1 aromatic rings. The molecule has 0 N–H and O–H groups in total. The van der Waals surface area contributed by atoms with Crippen molar-refractivity contribution >= 4 is 16.2 Å². The van der Waals surface area contributed by atoms with E-state index < -0.39 is 10.0 Å². The van der Waals surface area contributed by atoms with Crippen LogP contribution in [0.5, 0.6) is 0 Å². The van der Waals surface area contributed by atoms with Gasteiger partial charge in [-0.05, 0) is 6.07 Å². The Bertz CT molecular complexity index is 563. The van der Waals surface area contributed by atoms with E-state index in [4.69, 9.17) is 4.74 Å². The van der Waals surface area contributed by atoms with Gasteiger partial charge in [-0.15, -0.1) is 0 Å². The fourth-order valence-electron chi connectivity index (χ4n) is 1.18. The summed E-state index contributed by atoms with van der Waals surface area (Å²) in [5.41, 5.74) is 0.362. The van der Waals surface area contributed by atoms with Gasteiger partial charge in [0.05, 0.1) is 11.6 Å². The lowest BCUT2D eigenvalue weighted by atomic mass is 10.2. The zero-order valence-electron chi connectivity index (χ0n) is 8.13. The van der Waals surface area contributed by atoms with Crippen LogP contribution in [0.15, 0.2) is 39.8 Å². The fourth-order valence-corrected chi connectivity index (χ4v) is 1.92. The monoisotopic (exact) mass is 241 g/mol. The summed E-state index contributed by atoms with van der Waals surface area (Å²) in [5.74, 6) is -0.274. The lowest BCUT2D eigenvalue weighted by molar-refractivity contribution is 0.216. The van der Waals surface area contributed by atoms with Gasteiger partial charge in [-0.2, -0.15) is 12.8 Å². The molecule has 0 bridgehead atoms. The number of rotatable bonds is 3. The van der Waals surface area contributed by atoms with Crippen LogP contribution in [0, 0.1) is 5.82 Å². The predicted molar refractivity (Wildman–Crippen MR) is 56.7 cm³/mol. The molecule has 1 aliphatic heterocycles. The van der Waals surface area contributed by atoms with Gasteiger partial charge in [0.15, 0.2) is 5.76 Å². The van der Waals surface area contributed by atoms with Crippen LogP contribution in [0.3, 0.4) is 0 Å². The second kappa shape index (κ2) is 4.05. The van der Waals surface area contributed by atoms with Crippen LogP contribution in [-0.2, 0) is 21.4 Å². The first-order chi connectivity index (χ1) is 7.57. The van der Waals surface area contributed by atoms with Gasteiger partial charge in [-0.1, -0.05) is 18.2 Å². The Balaban J connectivity index is 2.05. The summed E-state index contributed by atoms with van der Waals surface area (Å²) in [5, 5.41) is 0.897. The zero-order valence-corrected chi connectivity index (χ0v) is 8.95. The molecule has 4 nitrogen and oxygen atoms in total. The first-order valence-corrected chi connectivity index (χ1v) is 5.95. The summed E-state index contributed by atoms with van der Waals surface area (Å²) in [6.45, 7) is -0.0277. The number of nitrogens with zero attached hydrogens (tertiary/aromatic N) is 1. The molecule has 0 amide bonds. The molecule has 0 fully saturated rings. The van der Waals surface area contributed by atoms with Crippen LogP contribution in [0.25, 0.3) is 0 Å². The zero-order chi connectivity index (χ0) is 11.6. The minimum absolute atomic E-state index is 0.0277. The molecule has 84 valence electrons. The standard InChI is InChI=1S/C10H8FNO3S/c11-10-4-2-1-3-8(10)6-15-9-5-12-16(13,14)7-9/h1-5,7H,6H2. The van der Waals surface area contributed by atoms with Crippen molar-refractivity contribution in [1.29, 1.82) is 0 Å². The number of hydrogen-bond acceptors (Lipinski definition) is 3. The van der Waals surface area contributed by atoms with Crippen LogP contribution in [-0.4, -0.2) is 14.6 Å². The van der Waals surface area contributed by atoms with Crippen molar-refractivity contribution < 1.29 is 17.5 Å². The topological polar surface area (TPSA) is 55.7 Å². The Morgan fingerprint density at radius 1 is 1.31 bits per heavy atom. The van der Waals surface area contributed by atoms with E-state index in [-0.39, 0.29) is 18.2 Å². The Kier molecular flexibility index (Phi) is 2.74. The third-order valence-corrected chi connectivity index (χ3v) is 2.87. The summed E-state index contributed by atoms with van der Waals surface area (Å²) in [4.78, 5) is 0. The summed E-state index contributed by atoms with van der Waals surface area (Å²) in [6, 6.07) is 6.12. The third kappa shape index (κ3) is 2.46. The number of allylic oxidation sites excluding steroid dienone is 1. The number of hydrogen-bond donors (Lipinski definition) is 0. The molecule has 0 radical (unpaired) electrons. The van der Waals surface area contributed by atoms with E-state index in [1.54, 1.807) is 18.2 Å². The first-order valence-electron chi connectivity index (χ1n) is 4.45. The van der Waals surface area contributed by atoms with Gasteiger partial charge in [0.2, 0.25) is 0 Å². The minimum Gasteiger partial charge on any atom is -0.486 e. The summed E-state index contributed by atoms with van der Waals surface area (Å²) >= 11 is 0. The van der Waals surface area contributed by atoms with Crippen molar-refractivity contribution in [1.82, 2.24) is 0 Å². The first kappa shape index (κ1) is 10.8. The number of ether oxygens (including phenoxy) is 1. The second-order valence-corrected chi connectivity index (χ2v) is 4.63. The molecular weight excluding hydrogens is 233 g/mol. The molecule has 0 atom stereocenters. The van der Waals surface area contributed by atoms with E-state index in [2.05, 4.69) is 4.40 Å². The maximum atomic E-state index is 13.2. The van der Waals surface area contributed by atoms with Crippen molar-refractivity contribution in [3.05, 3.63) is 46.8 Å². The minimum atomic E-state index is -3.52. The van der Waals surface area contributed by atoms with Gasteiger partial charge in [-0.3, -0.25) is 0 Å². The lowest BCUT2D eigenvalue weighted by Crippen LogP contribution is -1.96. The Morgan fingerprint density at radius 3 is 2.69 bits per heavy atom. The molecule has 1 heterocycles. The molecule has 2 rings (SSSR count). The average Bonchev–Trinajstić information content (AvgIpc) is 2.57. The maximum Gasteiger partial charge on any atom is 0.279 e. The average molecular weight is 241 g/mol. The van der Waals surface area contributed by atoms with Crippen molar-refractivity contribution in [2.75, 3.05) is 0 Å². The molecule has 1 aliphatic rings. The van der Waals surface area contributed by atoms with Gasteiger partial charge in [0, 0.05) is 5.56 Å². The molecule has 0 saturated carbocycles. The van der Waals surface area contributed by atoms with Crippen LogP contribution in [0.2, 0.25) is 0 Å². The van der Waals surface area contributed by atoms with Crippen LogP contribution in [0.4, 0.5) is 4.39 Å². The van der Waals surface area contributed by atoms with Crippen LogP contribution >= 0.6 is 0 Å². The number of sulfonamides is 1. The maximum absolute atomic E-state index is 13.2. The summed E-state index contributed by atoms with van der Waals surface area (Å²) in [6.07, 6.45) is 1.09. The van der Waals surface area contributed by atoms with Crippen molar-refractivity contribution in [3.63, 3.8) is 0 Å². The second-order valence-electron chi connectivity index (χ2n) is 3.15. The smallest absolute Gasteiger partial charge is 0.279 e. The van der Waals surface area contributed by atoms with E-state index >= 15 is 0 Å². The van der Waals surface area contributed by atoms with Crippen LogP contribution in [0.1, 0.15) is 5.56 Å². The van der Waals surface area contributed by atoms with Gasteiger partial charge in [0.1, 0.15) is 12.4 Å². The largest absolute Gasteiger partial charge is 0.486 e. The van der Waals surface area contributed by atoms with E-state index in [0.717, 1.165) is 11.6 Å². The lowest BCUT2D eigenvalue weighted by Gasteiger charge is -2.04. The fraction of sp³-hybridized carbons (Fsp3) is 0.100. The highest BCUT2D eigenvalue weighted by Gasteiger charge is 2.14. The predicted octanol–water partition coefficient (Wildman–Crippen LogP) is 1.60. The summed E-state index contributed by atoms with van der Waals surface area (Å²) in [7, 11) is -3.52. The molecule has 0 spiro atoms. The normalized spacial score (nSPS) is 17.2. The highest BCUT2D eigenvalue weighted by atomic mass is 32.2. The Morgan fingerprint density at radius 2 is 2.06 bits per heavy atom. The molecule has 1 aromatic carbocycles. The van der Waals surface area contributed by atoms with Crippen LogP contribution < -0.4 is 0 Å². The molecule has 16 heavy (non-hydrogen) atoms. The SMILES string of the molecule is O=S1(=O)C=C(OCc2ccccc2F)C=N1. The van der Waals surface area contributed by atoms with Gasteiger partial charge >= 0.3 is 0 Å². The van der Waals surface area contributed by atoms with Crippen molar-refractivity contribution in [3.8, 4) is 0 Å². The highest BCUT2D eigenvalue weighted by Crippen LogP contribution is 2.14. The number of benzene rings is 1. The molecular formula is C10H8FNO3S. The third-order valence-electron chi connectivity index (χ3n) is 1.94. The molecule has 6 heteroatoms. The molecule has 0 saturated heterocycles. The van der Waals surface area contributed by atoms with E-state index in [1.807, 2.05) is 0 Å². The molecule has 0 aliphatic carbocycles. The van der Waals surface area contributed by atoms with E-state index in [1.165, 1.54) is 6.07 Å². The quantitative estimate of drug-likeness (QED) is 0.807. The highest BCUT2D eigenvalue weighted by molar-refractivity contribution is 7.93. The number of halogens is 1. The van der Waals surface area contributed by atoms with E-state index in [0.29, 0.717) is 5.56 Å².